The molecule has 20 heavy (non-hydrogen) atoms. The van der Waals surface area contributed by atoms with Crippen molar-refractivity contribution >= 4 is 11.9 Å². The Morgan fingerprint density at radius 1 is 1.30 bits per heavy atom. The van der Waals surface area contributed by atoms with Crippen LogP contribution in [-0.4, -0.2) is 66.0 Å². The van der Waals surface area contributed by atoms with E-state index in [1.54, 1.807) is 4.90 Å². The lowest BCUT2D eigenvalue weighted by atomic mass is 9.98. The minimum absolute atomic E-state index is 0.0421. The van der Waals surface area contributed by atoms with E-state index in [2.05, 4.69) is 10.6 Å². The molecule has 3 aliphatic heterocycles. The van der Waals surface area contributed by atoms with E-state index in [-0.39, 0.29) is 24.0 Å². The highest BCUT2D eigenvalue weighted by Gasteiger charge is 2.46. The minimum atomic E-state index is -0.259. The molecule has 2 N–H and O–H groups in total. The summed E-state index contributed by atoms with van der Waals surface area (Å²) < 4.78 is 0. The van der Waals surface area contributed by atoms with Gasteiger partial charge in [-0.15, -0.1) is 0 Å². The number of carbonyl (C=O) groups is 2. The van der Waals surface area contributed by atoms with Crippen molar-refractivity contribution in [1.82, 2.24) is 20.4 Å². The van der Waals surface area contributed by atoms with Gasteiger partial charge in [0, 0.05) is 19.1 Å². The largest absolute Gasteiger partial charge is 0.351 e. The van der Waals surface area contributed by atoms with Gasteiger partial charge in [0.1, 0.15) is 6.04 Å². The summed E-state index contributed by atoms with van der Waals surface area (Å²) in [6, 6.07) is 0.363. The van der Waals surface area contributed by atoms with Crippen molar-refractivity contribution in [2.45, 2.75) is 50.7 Å². The summed E-state index contributed by atoms with van der Waals surface area (Å²) in [7, 11) is 0. The fraction of sp³-hybridized carbons (Fsp3) is 0.857. The van der Waals surface area contributed by atoms with Crippen molar-refractivity contribution in [1.29, 1.82) is 0 Å². The lowest BCUT2D eigenvalue weighted by Crippen LogP contribution is -2.53. The molecule has 2 bridgehead atoms. The SMILES string of the molecule is CCN1C(=O)N2CC1CCC2C(=O)NC1CCNCC1. The molecule has 3 rings (SSSR count). The number of hydrogen-bond donors (Lipinski definition) is 2. The maximum Gasteiger partial charge on any atom is 0.321 e. The van der Waals surface area contributed by atoms with Crippen LogP contribution in [0.5, 0.6) is 0 Å². The highest BCUT2D eigenvalue weighted by Crippen LogP contribution is 2.29. The first-order chi connectivity index (χ1) is 9.70. The van der Waals surface area contributed by atoms with Crippen LogP contribution in [0.3, 0.4) is 0 Å². The van der Waals surface area contributed by atoms with Crippen LogP contribution >= 0.6 is 0 Å². The molecule has 0 aromatic carbocycles. The molecule has 0 aliphatic carbocycles. The van der Waals surface area contributed by atoms with Gasteiger partial charge in [0.05, 0.1) is 6.04 Å². The number of piperidine rings is 2. The molecule has 0 aromatic rings. The van der Waals surface area contributed by atoms with Gasteiger partial charge in [0.2, 0.25) is 5.91 Å². The van der Waals surface area contributed by atoms with Gasteiger partial charge in [0.15, 0.2) is 0 Å². The summed E-state index contributed by atoms with van der Waals surface area (Å²) in [6.45, 7) is 5.39. The Kier molecular flexibility index (Phi) is 3.83. The van der Waals surface area contributed by atoms with Gasteiger partial charge in [-0.25, -0.2) is 4.79 Å². The molecule has 2 atom stereocenters. The summed E-state index contributed by atoms with van der Waals surface area (Å²) in [4.78, 5) is 28.4. The molecule has 2 unspecified atom stereocenters. The van der Waals surface area contributed by atoms with Crippen LogP contribution in [0.15, 0.2) is 0 Å². The molecule has 3 heterocycles. The molecule has 0 aromatic heterocycles. The fourth-order valence-electron chi connectivity index (χ4n) is 3.67. The average Bonchev–Trinajstić information content (AvgIpc) is 2.71. The van der Waals surface area contributed by atoms with E-state index in [1.807, 2.05) is 11.8 Å². The molecule has 3 fully saturated rings. The molecule has 0 radical (unpaired) electrons. The second kappa shape index (κ2) is 5.60. The second-order valence-corrected chi connectivity index (χ2v) is 6.00. The van der Waals surface area contributed by atoms with Gasteiger partial charge in [-0.3, -0.25) is 4.79 Å². The maximum atomic E-state index is 12.5. The van der Waals surface area contributed by atoms with E-state index in [0.29, 0.717) is 6.04 Å². The van der Waals surface area contributed by atoms with Crippen molar-refractivity contribution in [3.8, 4) is 0 Å². The van der Waals surface area contributed by atoms with Crippen molar-refractivity contribution in [2.75, 3.05) is 26.2 Å². The quantitative estimate of drug-likeness (QED) is 0.773. The predicted octanol–water partition coefficient (Wildman–Crippen LogP) is 0.143. The Hall–Kier alpha value is -1.30. The third-order valence-corrected chi connectivity index (χ3v) is 4.82. The number of likely N-dealkylation sites (N-methyl/N-ethyl adjacent to an activating group) is 1. The normalized spacial score (nSPS) is 30.8. The smallest absolute Gasteiger partial charge is 0.321 e. The molecular formula is C14H24N4O2. The maximum absolute atomic E-state index is 12.5. The average molecular weight is 280 g/mol. The van der Waals surface area contributed by atoms with Gasteiger partial charge < -0.3 is 20.4 Å². The van der Waals surface area contributed by atoms with Crippen LogP contribution in [0, 0.1) is 0 Å². The zero-order valence-electron chi connectivity index (χ0n) is 12.1. The minimum Gasteiger partial charge on any atom is -0.351 e. The molecular weight excluding hydrogens is 256 g/mol. The van der Waals surface area contributed by atoms with Gasteiger partial charge in [-0.1, -0.05) is 0 Å². The number of urea groups is 1. The van der Waals surface area contributed by atoms with Gasteiger partial charge in [-0.2, -0.15) is 0 Å². The lowest BCUT2D eigenvalue weighted by Gasteiger charge is -2.32. The highest BCUT2D eigenvalue weighted by molar-refractivity contribution is 5.89. The van der Waals surface area contributed by atoms with Crippen LogP contribution in [-0.2, 0) is 4.79 Å². The Morgan fingerprint density at radius 2 is 2.05 bits per heavy atom. The number of amides is 3. The second-order valence-electron chi connectivity index (χ2n) is 6.00. The standard InChI is InChI=1S/C14H24N4O2/c1-2-17-11-3-4-12(18(9-11)14(17)20)13(19)16-10-5-7-15-8-6-10/h10-12,15H,2-9H2,1H3,(H,16,19). The van der Waals surface area contributed by atoms with Crippen LogP contribution in [0.25, 0.3) is 0 Å². The third-order valence-electron chi connectivity index (χ3n) is 4.82. The Labute approximate surface area is 119 Å². The molecule has 6 nitrogen and oxygen atoms in total. The van der Waals surface area contributed by atoms with E-state index < -0.39 is 0 Å². The van der Waals surface area contributed by atoms with Crippen molar-refractivity contribution in [3.05, 3.63) is 0 Å². The first-order valence-corrected chi connectivity index (χ1v) is 7.79. The van der Waals surface area contributed by atoms with Crippen LogP contribution < -0.4 is 10.6 Å². The number of rotatable bonds is 3. The summed E-state index contributed by atoms with van der Waals surface area (Å²) in [5.41, 5.74) is 0. The van der Waals surface area contributed by atoms with Crippen LogP contribution in [0.1, 0.15) is 32.6 Å². The highest BCUT2D eigenvalue weighted by atomic mass is 16.2. The van der Waals surface area contributed by atoms with E-state index >= 15 is 0 Å². The monoisotopic (exact) mass is 280 g/mol. The van der Waals surface area contributed by atoms with Crippen LogP contribution in [0.2, 0.25) is 0 Å². The molecule has 0 saturated carbocycles. The number of carbonyl (C=O) groups excluding carboxylic acids is 2. The molecule has 112 valence electrons. The Morgan fingerprint density at radius 3 is 2.75 bits per heavy atom. The first-order valence-electron chi connectivity index (χ1n) is 7.79. The number of nitrogens with one attached hydrogen (secondary N) is 2. The Bertz CT molecular complexity index is 395. The third kappa shape index (κ3) is 2.37. The van der Waals surface area contributed by atoms with E-state index in [4.69, 9.17) is 0 Å². The zero-order chi connectivity index (χ0) is 14.1. The first kappa shape index (κ1) is 13.7. The van der Waals surface area contributed by atoms with E-state index in [0.717, 1.165) is 51.9 Å². The predicted molar refractivity (Wildman–Crippen MR) is 75.3 cm³/mol. The summed E-state index contributed by atoms with van der Waals surface area (Å²) in [6.07, 6.45) is 3.70. The van der Waals surface area contributed by atoms with Gasteiger partial charge in [-0.05, 0) is 45.7 Å². The lowest BCUT2D eigenvalue weighted by molar-refractivity contribution is -0.126. The molecule has 3 saturated heterocycles. The number of nitrogens with zero attached hydrogens (tertiary/aromatic N) is 2. The number of fused-ring (bicyclic) bond motifs is 2. The summed E-state index contributed by atoms with van der Waals surface area (Å²) in [5.74, 6) is 0.0432. The van der Waals surface area contributed by atoms with Crippen molar-refractivity contribution in [3.63, 3.8) is 0 Å². The summed E-state index contributed by atoms with van der Waals surface area (Å²) >= 11 is 0. The fourth-order valence-corrected chi connectivity index (χ4v) is 3.67. The molecule has 6 heteroatoms. The van der Waals surface area contributed by atoms with E-state index in [1.165, 1.54) is 0 Å². The molecule has 3 amide bonds. The van der Waals surface area contributed by atoms with Gasteiger partial charge >= 0.3 is 6.03 Å². The zero-order valence-corrected chi connectivity index (χ0v) is 12.1. The van der Waals surface area contributed by atoms with E-state index in [9.17, 15) is 9.59 Å². The Balaban J connectivity index is 1.62. The molecule has 0 spiro atoms. The van der Waals surface area contributed by atoms with Crippen molar-refractivity contribution < 1.29 is 9.59 Å². The van der Waals surface area contributed by atoms with Crippen LogP contribution in [0.4, 0.5) is 4.79 Å². The topological polar surface area (TPSA) is 64.7 Å². The van der Waals surface area contributed by atoms with Gasteiger partial charge in [0.25, 0.3) is 0 Å². The molecule has 3 aliphatic rings. The number of hydrogen-bond acceptors (Lipinski definition) is 3. The summed E-state index contributed by atoms with van der Waals surface area (Å²) in [5, 5.41) is 6.43. The van der Waals surface area contributed by atoms with Crippen molar-refractivity contribution in [2.24, 2.45) is 0 Å².